The zero-order valence-corrected chi connectivity index (χ0v) is 11.4. The van der Waals surface area contributed by atoms with Crippen molar-refractivity contribution in [2.45, 2.75) is 43.9 Å². The molecule has 0 radical (unpaired) electrons. The van der Waals surface area contributed by atoms with Crippen molar-refractivity contribution < 1.29 is 4.79 Å². The molecule has 18 heavy (non-hydrogen) atoms. The van der Waals surface area contributed by atoms with Gasteiger partial charge in [0.15, 0.2) is 5.16 Å². The quantitative estimate of drug-likeness (QED) is 0.711. The van der Waals surface area contributed by atoms with Crippen LogP contribution in [0.1, 0.15) is 38.1 Å². The van der Waals surface area contributed by atoms with E-state index in [0.29, 0.717) is 25.6 Å². The monoisotopic (exact) mass is 269 g/mol. The molecule has 0 bridgehead atoms. The van der Waals surface area contributed by atoms with Crippen LogP contribution < -0.4 is 11.1 Å². The fourth-order valence-corrected chi connectivity index (χ4v) is 2.73. The van der Waals surface area contributed by atoms with E-state index >= 15 is 0 Å². The predicted molar refractivity (Wildman–Crippen MR) is 70.2 cm³/mol. The highest BCUT2D eigenvalue weighted by Gasteiger charge is 2.29. The van der Waals surface area contributed by atoms with E-state index in [4.69, 9.17) is 5.73 Å². The Hall–Kier alpha value is -1.08. The van der Waals surface area contributed by atoms with Crippen LogP contribution >= 0.6 is 11.8 Å². The number of nitrogens with two attached hydrogens (primary N) is 1. The van der Waals surface area contributed by atoms with Gasteiger partial charge in [-0.3, -0.25) is 4.79 Å². The lowest BCUT2D eigenvalue weighted by molar-refractivity contribution is -0.120. The molecule has 1 aromatic heterocycles. The summed E-state index contributed by atoms with van der Waals surface area (Å²) in [4.78, 5) is 11.3. The number of hydrogen-bond donors (Lipinski definition) is 2. The van der Waals surface area contributed by atoms with Crippen LogP contribution in [0.5, 0.6) is 0 Å². The molecule has 1 aliphatic carbocycles. The molecule has 0 atom stereocenters. The van der Waals surface area contributed by atoms with Crippen LogP contribution in [0.15, 0.2) is 5.16 Å². The zero-order chi connectivity index (χ0) is 13.0. The number of aromatic nitrogens is 3. The van der Waals surface area contributed by atoms with E-state index in [1.807, 2.05) is 6.92 Å². The Balaban J connectivity index is 1.89. The second-order valence-corrected chi connectivity index (χ2v) is 5.32. The van der Waals surface area contributed by atoms with Crippen molar-refractivity contribution >= 4 is 17.7 Å². The highest BCUT2D eigenvalue weighted by Crippen LogP contribution is 2.38. The maximum Gasteiger partial charge on any atom is 0.220 e. The van der Waals surface area contributed by atoms with Gasteiger partial charge in [0.05, 0.1) is 6.54 Å². The molecule has 1 fully saturated rings. The first-order valence-electron chi connectivity index (χ1n) is 6.29. The molecule has 0 saturated heterocycles. The molecule has 3 N–H and O–H groups in total. The Bertz CT molecular complexity index is 416. The van der Waals surface area contributed by atoms with Crippen molar-refractivity contribution in [1.29, 1.82) is 0 Å². The largest absolute Gasteiger partial charge is 0.356 e. The molecular weight excluding hydrogens is 250 g/mol. The van der Waals surface area contributed by atoms with Crippen LogP contribution in [-0.2, 0) is 11.3 Å². The summed E-state index contributed by atoms with van der Waals surface area (Å²) in [5, 5.41) is 11.9. The third kappa shape index (κ3) is 3.23. The topological polar surface area (TPSA) is 85.8 Å². The maximum atomic E-state index is 11.3. The summed E-state index contributed by atoms with van der Waals surface area (Å²) < 4.78 is 2.13. The van der Waals surface area contributed by atoms with Gasteiger partial charge in [0.1, 0.15) is 5.82 Å². The maximum absolute atomic E-state index is 11.3. The molecule has 7 heteroatoms. The normalized spacial score (nSPS) is 14.8. The minimum absolute atomic E-state index is 0.0848. The summed E-state index contributed by atoms with van der Waals surface area (Å²) in [5.74, 6) is 1.65. The highest BCUT2D eigenvalue weighted by atomic mass is 32.2. The van der Waals surface area contributed by atoms with Crippen LogP contribution in [0.4, 0.5) is 0 Å². The van der Waals surface area contributed by atoms with E-state index in [0.717, 1.165) is 16.7 Å². The molecule has 0 aliphatic heterocycles. The van der Waals surface area contributed by atoms with Crippen molar-refractivity contribution in [3.63, 3.8) is 0 Å². The highest BCUT2D eigenvalue weighted by molar-refractivity contribution is 7.99. The third-order valence-electron chi connectivity index (χ3n) is 2.76. The predicted octanol–water partition coefficient (Wildman–Crippen LogP) is 0.690. The second kappa shape index (κ2) is 6.19. The van der Waals surface area contributed by atoms with Crippen molar-refractivity contribution in [1.82, 2.24) is 20.1 Å². The Morgan fingerprint density at radius 3 is 2.94 bits per heavy atom. The lowest BCUT2D eigenvalue weighted by Crippen LogP contribution is -2.22. The number of rotatable bonds is 7. The molecule has 100 valence electrons. The number of nitrogens with zero attached hydrogens (tertiary/aromatic N) is 3. The summed E-state index contributed by atoms with van der Waals surface area (Å²) in [6.45, 7) is 3.02. The van der Waals surface area contributed by atoms with Crippen LogP contribution in [0, 0.1) is 0 Å². The van der Waals surface area contributed by atoms with Gasteiger partial charge in [-0.2, -0.15) is 0 Å². The Morgan fingerprint density at radius 1 is 1.56 bits per heavy atom. The first-order chi connectivity index (χ1) is 8.76. The van der Waals surface area contributed by atoms with Gasteiger partial charge in [-0.1, -0.05) is 11.8 Å². The van der Waals surface area contributed by atoms with Gasteiger partial charge < -0.3 is 15.6 Å². The van der Waals surface area contributed by atoms with Gasteiger partial charge >= 0.3 is 0 Å². The Morgan fingerprint density at radius 2 is 2.33 bits per heavy atom. The summed E-state index contributed by atoms with van der Waals surface area (Å²) in [5.41, 5.74) is 5.65. The Kier molecular flexibility index (Phi) is 4.60. The number of carbonyl (C=O) groups excluding carboxylic acids is 1. The van der Waals surface area contributed by atoms with E-state index in [2.05, 4.69) is 20.1 Å². The van der Waals surface area contributed by atoms with Crippen molar-refractivity contribution in [2.75, 3.05) is 12.3 Å². The molecule has 0 unspecified atom stereocenters. The number of carbonyl (C=O) groups is 1. The molecule has 1 heterocycles. The Labute approximate surface area is 111 Å². The van der Waals surface area contributed by atoms with Gasteiger partial charge in [0.2, 0.25) is 5.91 Å². The van der Waals surface area contributed by atoms with Crippen LogP contribution in [0.25, 0.3) is 0 Å². The van der Waals surface area contributed by atoms with E-state index in [-0.39, 0.29) is 5.91 Å². The van der Waals surface area contributed by atoms with E-state index < -0.39 is 0 Å². The van der Waals surface area contributed by atoms with Gasteiger partial charge in [0, 0.05) is 24.8 Å². The summed E-state index contributed by atoms with van der Waals surface area (Å²) >= 11 is 1.58. The standard InChI is InChI=1S/C11H19N5OS/c1-2-13-10(17)5-6-18-11-15-14-9(7-12)16(11)8-3-4-8/h8H,2-7,12H2,1H3,(H,13,17). The first-order valence-corrected chi connectivity index (χ1v) is 7.28. The SMILES string of the molecule is CCNC(=O)CCSc1nnc(CN)n1C1CC1. The van der Waals surface area contributed by atoms with Crippen molar-refractivity contribution in [2.24, 2.45) is 5.73 Å². The smallest absolute Gasteiger partial charge is 0.220 e. The molecular formula is C11H19N5OS. The number of hydrogen-bond acceptors (Lipinski definition) is 5. The van der Waals surface area contributed by atoms with Crippen LogP contribution in [-0.4, -0.2) is 33.0 Å². The molecule has 0 spiro atoms. The summed E-state index contributed by atoms with van der Waals surface area (Å²) in [7, 11) is 0. The van der Waals surface area contributed by atoms with E-state index in [1.54, 1.807) is 11.8 Å². The summed E-state index contributed by atoms with van der Waals surface area (Å²) in [6.07, 6.45) is 2.86. The first kappa shape index (κ1) is 13.4. The molecule has 6 nitrogen and oxygen atoms in total. The molecule has 2 rings (SSSR count). The van der Waals surface area contributed by atoms with Gasteiger partial charge in [-0.05, 0) is 19.8 Å². The van der Waals surface area contributed by atoms with Gasteiger partial charge in [0.25, 0.3) is 0 Å². The summed E-state index contributed by atoms with van der Waals surface area (Å²) in [6, 6.07) is 0.519. The number of nitrogens with one attached hydrogen (secondary N) is 1. The van der Waals surface area contributed by atoms with Crippen molar-refractivity contribution in [3.8, 4) is 0 Å². The fourth-order valence-electron chi connectivity index (χ4n) is 1.77. The molecule has 1 aliphatic rings. The van der Waals surface area contributed by atoms with Crippen LogP contribution in [0.3, 0.4) is 0 Å². The average Bonchev–Trinajstić information content (AvgIpc) is 3.11. The second-order valence-electron chi connectivity index (χ2n) is 4.26. The lowest BCUT2D eigenvalue weighted by atomic mass is 10.4. The minimum Gasteiger partial charge on any atom is -0.356 e. The van der Waals surface area contributed by atoms with E-state index in [9.17, 15) is 4.79 Å². The molecule has 1 saturated carbocycles. The van der Waals surface area contributed by atoms with E-state index in [1.165, 1.54) is 12.8 Å². The molecule has 1 aromatic rings. The van der Waals surface area contributed by atoms with Gasteiger partial charge in [-0.25, -0.2) is 0 Å². The zero-order valence-electron chi connectivity index (χ0n) is 10.6. The number of amides is 1. The molecule has 0 aromatic carbocycles. The molecule has 1 amide bonds. The number of thioether (sulfide) groups is 1. The van der Waals surface area contributed by atoms with Gasteiger partial charge in [-0.15, -0.1) is 10.2 Å². The van der Waals surface area contributed by atoms with Crippen molar-refractivity contribution in [3.05, 3.63) is 5.82 Å². The lowest BCUT2D eigenvalue weighted by Gasteiger charge is -2.07. The average molecular weight is 269 g/mol. The third-order valence-corrected chi connectivity index (χ3v) is 3.71. The minimum atomic E-state index is 0.0848. The fraction of sp³-hybridized carbons (Fsp3) is 0.727. The van der Waals surface area contributed by atoms with Crippen LogP contribution in [0.2, 0.25) is 0 Å².